The number of likely N-dealkylation sites (tertiary alicyclic amines) is 1. The number of nitrogens with two attached hydrogens (primary N) is 1. The van der Waals surface area contributed by atoms with Gasteiger partial charge in [-0.15, -0.1) is 0 Å². The van der Waals surface area contributed by atoms with Gasteiger partial charge in [0.1, 0.15) is 6.04 Å². The Morgan fingerprint density at radius 1 is 1.20 bits per heavy atom. The molecular formula is C16H28F3N3O3. The average molecular weight is 367 g/mol. The summed E-state index contributed by atoms with van der Waals surface area (Å²) in [6.07, 6.45) is -6.58. The number of hydrogen-bond acceptors (Lipinski definition) is 4. The molecule has 1 aliphatic rings. The number of hydrogen-bond donors (Lipinski definition) is 3. The van der Waals surface area contributed by atoms with Gasteiger partial charge in [-0.3, -0.25) is 9.59 Å². The van der Waals surface area contributed by atoms with Gasteiger partial charge in [0.05, 0.1) is 12.1 Å². The number of aliphatic hydroxyl groups excluding tert-OH is 1. The summed E-state index contributed by atoms with van der Waals surface area (Å²) >= 11 is 0. The Kier molecular flexibility index (Phi) is 7.25. The monoisotopic (exact) mass is 367 g/mol. The second-order valence-electron chi connectivity index (χ2n) is 7.22. The van der Waals surface area contributed by atoms with E-state index in [1.165, 1.54) is 18.7 Å². The minimum atomic E-state index is -4.84. The van der Waals surface area contributed by atoms with Crippen molar-refractivity contribution >= 4 is 11.8 Å². The molecule has 3 unspecified atom stereocenters. The number of rotatable bonds is 6. The first kappa shape index (κ1) is 21.7. The summed E-state index contributed by atoms with van der Waals surface area (Å²) in [5, 5.41) is 11.8. The fourth-order valence-corrected chi connectivity index (χ4v) is 2.85. The van der Waals surface area contributed by atoms with Crippen molar-refractivity contribution in [2.24, 2.45) is 17.6 Å². The summed E-state index contributed by atoms with van der Waals surface area (Å²) in [6.45, 7) is 6.86. The molecule has 1 aliphatic heterocycles. The van der Waals surface area contributed by atoms with Crippen molar-refractivity contribution in [2.75, 3.05) is 6.54 Å². The van der Waals surface area contributed by atoms with Crippen molar-refractivity contribution in [1.29, 1.82) is 0 Å². The summed E-state index contributed by atoms with van der Waals surface area (Å²) in [4.78, 5) is 26.2. The van der Waals surface area contributed by atoms with Crippen molar-refractivity contribution in [2.45, 2.75) is 70.9 Å². The molecule has 4 atom stereocenters. The Hall–Kier alpha value is -1.35. The number of nitrogens with one attached hydrogen (secondary N) is 1. The summed E-state index contributed by atoms with van der Waals surface area (Å²) in [5.41, 5.74) is 5.85. The molecule has 1 rings (SSSR count). The first-order valence-corrected chi connectivity index (χ1v) is 8.49. The lowest BCUT2D eigenvalue weighted by Crippen LogP contribution is -2.58. The SMILES string of the molecule is CC(C)C(N)C(=O)N1CCC[C@H]1C(=O)NC(C(C)C)C(O)C(F)(F)F. The molecule has 0 aromatic rings. The smallest absolute Gasteiger partial charge is 0.382 e. The summed E-state index contributed by atoms with van der Waals surface area (Å²) in [6, 6.07) is -3.11. The molecule has 0 aromatic heterocycles. The minimum absolute atomic E-state index is 0.118. The Bertz CT molecular complexity index is 483. The molecule has 0 aromatic carbocycles. The lowest BCUT2D eigenvalue weighted by molar-refractivity contribution is -0.215. The molecule has 1 fully saturated rings. The van der Waals surface area contributed by atoms with E-state index in [4.69, 9.17) is 5.73 Å². The van der Waals surface area contributed by atoms with Crippen LogP contribution >= 0.6 is 0 Å². The summed E-state index contributed by atoms with van der Waals surface area (Å²) < 4.78 is 38.4. The van der Waals surface area contributed by atoms with E-state index in [2.05, 4.69) is 5.32 Å². The van der Waals surface area contributed by atoms with E-state index >= 15 is 0 Å². The number of amides is 2. The number of carbonyl (C=O) groups is 2. The molecule has 0 saturated carbocycles. The molecule has 25 heavy (non-hydrogen) atoms. The highest BCUT2D eigenvalue weighted by atomic mass is 19.4. The Morgan fingerprint density at radius 3 is 2.20 bits per heavy atom. The van der Waals surface area contributed by atoms with Gasteiger partial charge in [0, 0.05) is 6.54 Å². The maximum Gasteiger partial charge on any atom is 0.416 e. The molecule has 9 heteroatoms. The zero-order valence-electron chi connectivity index (χ0n) is 15.0. The predicted molar refractivity (Wildman–Crippen MR) is 86.4 cm³/mol. The Labute approximate surface area is 145 Å². The van der Waals surface area contributed by atoms with Gasteiger partial charge in [0.2, 0.25) is 11.8 Å². The van der Waals surface area contributed by atoms with Gasteiger partial charge in [-0.1, -0.05) is 27.7 Å². The topological polar surface area (TPSA) is 95.7 Å². The molecule has 0 spiro atoms. The fourth-order valence-electron chi connectivity index (χ4n) is 2.85. The van der Waals surface area contributed by atoms with Crippen LogP contribution in [0.4, 0.5) is 13.2 Å². The van der Waals surface area contributed by atoms with E-state index in [0.29, 0.717) is 19.4 Å². The molecule has 6 nitrogen and oxygen atoms in total. The number of alkyl halides is 3. The van der Waals surface area contributed by atoms with Crippen LogP contribution in [-0.4, -0.2) is 58.8 Å². The maximum atomic E-state index is 12.8. The summed E-state index contributed by atoms with van der Waals surface area (Å²) in [5.74, 6) is -1.83. The summed E-state index contributed by atoms with van der Waals surface area (Å²) in [7, 11) is 0. The van der Waals surface area contributed by atoms with Gasteiger partial charge in [-0.05, 0) is 24.7 Å². The molecular weight excluding hydrogens is 339 g/mol. The van der Waals surface area contributed by atoms with Crippen LogP contribution in [0.15, 0.2) is 0 Å². The fraction of sp³-hybridized carbons (Fsp3) is 0.875. The first-order valence-electron chi connectivity index (χ1n) is 8.49. The van der Waals surface area contributed by atoms with Gasteiger partial charge >= 0.3 is 6.18 Å². The normalized spacial score (nSPS) is 22.2. The van der Waals surface area contributed by atoms with Crippen LogP contribution in [0.2, 0.25) is 0 Å². The highest BCUT2D eigenvalue weighted by molar-refractivity contribution is 5.90. The van der Waals surface area contributed by atoms with Crippen molar-refractivity contribution in [3.05, 3.63) is 0 Å². The molecule has 0 aliphatic carbocycles. The first-order chi connectivity index (χ1) is 11.4. The molecule has 1 saturated heterocycles. The van der Waals surface area contributed by atoms with E-state index in [1.807, 2.05) is 0 Å². The van der Waals surface area contributed by atoms with Crippen LogP contribution in [0.3, 0.4) is 0 Å². The molecule has 2 amide bonds. The number of nitrogens with zero attached hydrogens (tertiary/aromatic N) is 1. The largest absolute Gasteiger partial charge is 0.416 e. The van der Waals surface area contributed by atoms with E-state index in [0.717, 1.165) is 0 Å². The number of carbonyl (C=O) groups excluding carboxylic acids is 2. The molecule has 0 radical (unpaired) electrons. The second kappa shape index (κ2) is 8.35. The zero-order chi connectivity index (χ0) is 19.5. The third kappa shape index (κ3) is 5.31. The van der Waals surface area contributed by atoms with Gasteiger partial charge in [-0.2, -0.15) is 13.2 Å². The maximum absolute atomic E-state index is 12.8. The van der Waals surface area contributed by atoms with Gasteiger partial charge < -0.3 is 21.1 Å². The van der Waals surface area contributed by atoms with E-state index < -0.39 is 42.2 Å². The third-order valence-corrected chi connectivity index (χ3v) is 4.54. The molecule has 4 N–H and O–H groups in total. The molecule has 0 bridgehead atoms. The Morgan fingerprint density at radius 2 is 1.76 bits per heavy atom. The van der Waals surface area contributed by atoms with E-state index in [1.54, 1.807) is 13.8 Å². The minimum Gasteiger partial charge on any atom is -0.382 e. The standard InChI is InChI=1S/C16H28F3N3O3/c1-8(2)11(20)15(25)22-7-5-6-10(22)14(24)21-12(9(3)4)13(23)16(17,18)19/h8-13,23H,5-7,20H2,1-4H3,(H,21,24)/t10-,11?,12?,13?/m0/s1. The van der Waals surface area contributed by atoms with Crippen LogP contribution in [0.1, 0.15) is 40.5 Å². The van der Waals surface area contributed by atoms with Crippen molar-refractivity contribution in [1.82, 2.24) is 10.2 Å². The quantitative estimate of drug-likeness (QED) is 0.653. The average Bonchev–Trinajstić information content (AvgIpc) is 2.98. The van der Waals surface area contributed by atoms with Crippen molar-refractivity contribution < 1.29 is 27.9 Å². The van der Waals surface area contributed by atoms with E-state index in [9.17, 15) is 27.9 Å². The highest BCUT2D eigenvalue weighted by Crippen LogP contribution is 2.26. The highest BCUT2D eigenvalue weighted by Gasteiger charge is 2.46. The van der Waals surface area contributed by atoms with Gasteiger partial charge in [0.25, 0.3) is 0 Å². The van der Waals surface area contributed by atoms with Gasteiger partial charge in [-0.25, -0.2) is 0 Å². The third-order valence-electron chi connectivity index (χ3n) is 4.54. The Balaban J connectivity index is 2.88. The van der Waals surface area contributed by atoms with Gasteiger partial charge in [0.15, 0.2) is 6.10 Å². The van der Waals surface area contributed by atoms with Crippen molar-refractivity contribution in [3.63, 3.8) is 0 Å². The predicted octanol–water partition coefficient (Wildman–Crippen LogP) is 1.02. The van der Waals surface area contributed by atoms with Crippen LogP contribution in [0.25, 0.3) is 0 Å². The van der Waals surface area contributed by atoms with E-state index in [-0.39, 0.29) is 11.8 Å². The zero-order valence-corrected chi connectivity index (χ0v) is 15.0. The second-order valence-corrected chi connectivity index (χ2v) is 7.22. The van der Waals surface area contributed by atoms with Crippen LogP contribution in [0, 0.1) is 11.8 Å². The lowest BCUT2D eigenvalue weighted by atomic mass is 9.97. The van der Waals surface area contributed by atoms with Crippen molar-refractivity contribution in [3.8, 4) is 0 Å². The van der Waals surface area contributed by atoms with Crippen LogP contribution in [-0.2, 0) is 9.59 Å². The molecule has 146 valence electrons. The van der Waals surface area contributed by atoms with Crippen LogP contribution < -0.4 is 11.1 Å². The van der Waals surface area contributed by atoms with Crippen LogP contribution in [0.5, 0.6) is 0 Å². The number of halogens is 3. The lowest BCUT2D eigenvalue weighted by Gasteiger charge is -2.32. The molecule has 1 heterocycles. The number of aliphatic hydroxyl groups is 1.